The van der Waals surface area contributed by atoms with Crippen LogP contribution in [0, 0.1) is 5.92 Å². The third-order valence-electron chi connectivity index (χ3n) is 5.12. The zero-order valence-corrected chi connectivity index (χ0v) is 14.0. The van der Waals surface area contributed by atoms with Crippen LogP contribution in [0.5, 0.6) is 0 Å². The molecule has 114 valence electrons. The number of hydrogen-bond donors (Lipinski definition) is 1. The summed E-state index contributed by atoms with van der Waals surface area (Å²) >= 11 is 3.50. The molecule has 0 aromatic heterocycles. The van der Waals surface area contributed by atoms with Gasteiger partial charge in [0.25, 0.3) is 0 Å². The van der Waals surface area contributed by atoms with E-state index in [-0.39, 0.29) is 5.78 Å². The van der Waals surface area contributed by atoms with Crippen LogP contribution in [0.25, 0.3) is 0 Å². The molecule has 1 aliphatic heterocycles. The van der Waals surface area contributed by atoms with Crippen LogP contribution in [0.1, 0.15) is 49.4 Å². The highest BCUT2D eigenvalue weighted by Crippen LogP contribution is 2.41. The number of aliphatic hydroxyl groups is 1. The van der Waals surface area contributed by atoms with E-state index in [1.807, 2.05) is 18.2 Å². The molecule has 2 unspecified atom stereocenters. The van der Waals surface area contributed by atoms with E-state index < -0.39 is 5.60 Å². The molecule has 2 atom stereocenters. The standard InChI is InChI=1S/C17H22BrNO2/c1-12(20)15-6-5-14(10-16(15)18)19-9-8-17(21)7-3-2-4-13(17)11-19/h5-6,10,13,21H,2-4,7-9,11H2,1H3. The molecule has 1 saturated heterocycles. The van der Waals surface area contributed by atoms with Gasteiger partial charge in [-0.1, -0.05) is 12.8 Å². The molecule has 0 spiro atoms. The molecule has 0 bridgehead atoms. The predicted molar refractivity (Wildman–Crippen MR) is 87.9 cm³/mol. The van der Waals surface area contributed by atoms with Crippen LogP contribution in [-0.4, -0.2) is 29.6 Å². The minimum absolute atomic E-state index is 0.0775. The Morgan fingerprint density at radius 1 is 1.38 bits per heavy atom. The topological polar surface area (TPSA) is 40.5 Å². The molecule has 21 heavy (non-hydrogen) atoms. The van der Waals surface area contributed by atoms with Crippen molar-refractivity contribution in [2.45, 2.75) is 44.6 Å². The maximum Gasteiger partial charge on any atom is 0.160 e. The number of ketones is 1. The van der Waals surface area contributed by atoms with Crippen molar-refractivity contribution in [2.24, 2.45) is 5.92 Å². The van der Waals surface area contributed by atoms with E-state index in [1.54, 1.807) is 6.92 Å². The van der Waals surface area contributed by atoms with Crippen molar-refractivity contribution in [1.29, 1.82) is 0 Å². The van der Waals surface area contributed by atoms with E-state index in [1.165, 1.54) is 6.42 Å². The zero-order chi connectivity index (χ0) is 15.0. The number of anilines is 1. The van der Waals surface area contributed by atoms with E-state index in [0.717, 1.165) is 54.5 Å². The average Bonchev–Trinajstić information content (AvgIpc) is 2.45. The normalized spacial score (nSPS) is 29.1. The van der Waals surface area contributed by atoms with Crippen molar-refractivity contribution < 1.29 is 9.90 Å². The first kappa shape index (κ1) is 15.0. The van der Waals surface area contributed by atoms with E-state index in [2.05, 4.69) is 20.8 Å². The zero-order valence-electron chi connectivity index (χ0n) is 12.4. The van der Waals surface area contributed by atoms with Gasteiger partial charge in [0.2, 0.25) is 0 Å². The molecule has 2 aliphatic rings. The van der Waals surface area contributed by atoms with Gasteiger partial charge in [-0.3, -0.25) is 4.79 Å². The van der Waals surface area contributed by atoms with Crippen LogP contribution < -0.4 is 4.90 Å². The summed E-state index contributed by atoms with van der Waals surface area (Å²) in [6.45, 7) is 3.39. The Morgan fingerprint density at radius 3 is 2.90 bits per heavy atom. The maximum atomic E-state index is 11.5. The molecule has 1 aromatic carbocycles. The number of benzene rings is 1. The summed E-state index contributed by atoms with van der Waals surface area (Å²) in [7, 11) is 0. The molecule has 0 radical (unpaired) electrons. The van der Waals surface area contributed by atoms with Crippen molar-refractivity contribution in [2.75, 3.05) is 18.0 Å². The van der Waals surface area contributed by atoms with Crippen LogP contribution in [0.3, 0.4) is 0 Å². The van der Waals surface area contributed by atoms with Crippen LogP contribution in [0.4, 0.5) is 5.69 Å². The number of hydrogen-bond acceptors (Lipinski definition) is 3. The number of carbonyl (C=O) groups excluding carboxylic acids is 1. The van der Waals surface area contributed by atoms with Gasteiger partial charge < -0.3 is 10.0 Å². The van der Waals surface area contributed by atoms with Crippen LogP contribution in [0.2, 0.25) is 0 Å². The van der Waals surface area contributed by atoms with Gasteiger partial charge in [0.15, 0.2) is 5.78 Å². The summed E-state index contributed by atoms with van der Waals surface area (Å²) < 4.78 is 0.858. The molecule has 4 heteroatoms. The molecule has 0 amide bonds. The van der Waals surface area contributed by atoms with Crippen LogP contribution >= 0.6 is 15.9 Å². The Morgan fingerprint density at radius 2 is 2.19 bits per heavy atom. The van der Waals surface area contributed by atoms with Crippen molar-refractivity contribution in [1.82, 2.24) is 0 Å². The second-order valence-electron chi connectivity index (χ2n) is 6.46. The molecular formula is C17H22BrNO2. The Hall–Kier alpha value is -0.870. The summed E-state index contributed by atoms with van der Waals surface area (Å²) in [5, 5.41) is 10.7. The fraction of sp³-hybridized carbons (Fsp3) is 0.588. The van der Waals surface area contributed by atoms with Crippen molar-refractivity contribution in [3.05, 3.63) is 28.2 Å². The third-order valence-corrected chi connectivity index (χ3v) is 5.78. The molecular weight excluding hydrogens is 330 g/mol. The molecule has 1 heterocycles. The second-order valence-corrected chi connectivity index (χ2v) is 7.32. The quantitative estimate of drug-likeness (QED) is 0.824. The van der Waals surface area contributed by atoms with Gasteiger partial charge in [-0.25, -0.2) is 0 Å². The van der Waals surface area contributed by atoms with Gasteiger partial charge in [-0.15, -0.1) is 0 Å². The lowest BCUT2D eigenvalue weighted by Crippen LogP contribution is -2.53. The van der Waals surface area contributed by atoms with E-state index in [9.17, 15) is 9.90 Å². The van der Waals surface area contributed by atoms with E-state index in [0.29, 0.717) is 5.92 Å². The van der Waals surface area contributed by atoms with Gasteiger partial charge in [-0.05, 0) is 60.3 Å². The lowest BCUT2D eigenvalue weighted by atomic mass is 9.71. The number of fused-ring (bicyclic) bond motifs is 1. The van der Waals surface area contributed by atoms with Crippen LogP contribution in [-0.2, 0) is 0 Å². The first-order chi connectivity index (χ1) is 9.99. The highest BCUT2D eigenvalue weighted by molar-refractivity contribution is 9.10. The predicted octanol–water partition coefficient (Wildman–Crippen LogP) is 3.78. The summed E-state index contributed by atoms with van der Waals surface area (Å²) in [5.74, 6) is 0.458. The number of carbonyl (C=O) groups is 1. The Balaban J connectivity index is 1.79. The van der Waals surface area contributed by atoms with Crippen molar-refractivity contribution in [3.8, 4) is 0 Å². The lowest BCUT2D eigenvalue weighted by Gasteiger charge is -2.48. The molecule has 2 fully saturated rings. The minimum atomic E-state index is -0.439. The number of rotatable bonds is 2. The lowest BCUT2D eigenvalue weighted by molar-refractivity contribution is -0.0612. The highest BCUT2D eigenvalue weighted by Gasteiger charge is 2.42. The smallest absolute Gasteiger partial charge is 0.160 e. The summed E-state index contributed by atoms with van der Waals surface area (Å²) in [5.41, 5.74) is 1.43. The van der Waals surface area contributed by atoms with E-state index in [4.69, 9.17) is 0 Å². The minimum Gasteiger partial charge on any atom is -0.389 e. The molecule has 1 N–H and O–H groups in total. The number of piperidine rings is 1. The largest absolute Gasteiger partial charge is 0.389 e. The van der Waals surface area contributed by atoms with Gasteiger partial charge in [0, 0.05) is 34.7 Å². The first-order valence-electron chi connectivity index (χ1n) is 7.77. The van der Waals surface area contributed by atoms with Crippen molar-refractivity contribution in [3.63, 3.8) is 0 Å². The average molecular weight is 352 g/mol. The molecule has 3 rings (SSSR count). The molecule has 1 aliphatic carbocycles. The highest BCUT2D eigenvalue weighted by atomic mass is 79.9. The van der Waals surface area contributed by atoms with E-state index >= 15 is 0 Å². The fourth-order valence-electron chi connectivity index (χ4n) is 3.79. The fourth-order valence-corrected chi connectivity index (χ4v) is 4.44. The molecule has 3 nitrogen and oxygen atoms in total. The number of halogens is 1. The summed E-state index contributed by atoms with van der Waals surface area (Å²) in [4.78, 5) is 13.9. The Bertz CT molecular complexity index is 560. The molecule has 1 aromatic rings. The first-order valence-corrected chi connectivity index (χ1v) is 8.57. The summed E-state index contributed by atoms with van der Waals surface area (Å²) in [6.07, 6.45) is 5.32. The number of nitrogens with zero attached hydrogens (tertiary/aromatic N) is 1. The van der Waals surface area contributed by atoms with Crippen molar-refractivity contribution >= 4 is 27.4 Å². The monoisotopic (exact) mass is 351 g/mol. The molecule has 1 saturated carbocycles. The van der Waals surface area contributed by atoms with Gasteiger partial charge in [-0.2, -0.15) is 0 Å². The summed E-state index contributed by atoms with van der Waals surface area (Å²) in [6, 6.07) is 5.95. The second kappa shape index (κ2) is 5.73. The third kappa shape index (κ3) is 2.88. The number of Topliss-reactive ketones (excluding diaryl/α,β-unsaturated/α-hetero) is 1. The Kier molecular flexibility index (Phi) is 4.10. The Labute approximate surface area is 134 Å². The maximum absolute atomic E-state index is 11.5. The van der Waals surface area contributed by atoms with Gasteiger partial charge in [0.1, 0.15) is 0 Å². The van der Waals surface area contributed by atoms with Crippen LogP contribution in [0.15, 0.2) is 22.7 Å². The van der Waals surface area contributed by atoms with Gasteiger partial charge in [0.05, 0.1) is 5.60 Å². The SMILES string of the molecule is CC(=O)c1ccc(N2CCC3(O)CCCCC3C2)cc1Br. The van der Waals surface area contributed by atoms with Gasteiger partial charge >= 0.3 is 0 Å².